The Hall–Kier alpha value is -2.95. The van der Waals surface area contributed by atoms with Crippen LogP contribution >= 0.6 is 0 Å². The summed E-state index contributed by atoms with van der Waals surface area (Å²) >= 11 is 0. The van der Waals surface area contributed by atoms with Crippen LogP contribution < -0.4 is 10.3 Å². The fourth-order valence-electron chi connectivity index (χ4n) is 3.30. The van der Waals surface area contributed by atoms with Crippen LogP contribution in [0.1, 0.15) is 33.6 Å². The average molecular weight is 423 g/mol. The SMILES string of the molecule is Cc1cc(/C=N/NC(=O)c2cn[nH]n2)cc(N2CCN(CCC(F)(F)F)CC2)c1C. The van der Waals surface area contributed by atoms with Crippen molar-refractivity contribution in [2.45, 2.75) is 26.4 Å². The van der Waals surface area contributed by atoms with E-state index >= 15 is 0 Å². The van der Waals surface area contributed by atoms with Gasteiger partial charge >= 0.3 is 6.18 Å². The Morgan fingerprint density at radius 1 is 1.27 bits per heavy atom. The van der Waals surface area contributed by atoms with E-state index in [1.165, 1.54) is 6.20 Å². The first kappa shape index (κ1) is 21.8. The zero-order chi connectivity index (χ0) is 21.7. The second kappa shape index (κ2) is 9.24. The summed E-state index contributed by atoms with van der Waals surface area (Å²) in [7, 11) is 0. The molecule has 0 spiro atoms. The molecule has 0 radical (unpaired) electrons. The average Bonchev–Trinajstić information content (AvgIpc) is 3.24. The van der Waals surface area contributed by atoms with E-state index in [1.54, 1.807) is 6.21 Å². The summed E-state index contributed by atoms with van der Waals surface area (Å²) in [5, 5.41) is 13.6. The lowest BCUT2D eigenvalue weighted by Crippen LogP contribution is -2.47. The number of H-pyrrole nitrogens is 1. The van der Waals surface area contributed by atoms with Gasteiger partial charge in [-0.1, -0.05) is 6.07 Å². The van der Waals surface area contributed by atoms with Gasteiger partial charge in [-0.15, -0.1) is 0 Å². The normalized spacial score (nSPS) is 15.7. The number of nitrogens with zero attached hydrogens (tertiary/aromatic N) is 5. The molecule has 1 aromatic carbocycles. The van der Waals surface area contributed by atoms with Gasteiger partial charge in [0.25, 0.3) is 5.91 Å². The minimum atomic E-state index is -4.12. The van der Waals surface area contributed by atoms with Crippen molar-refractivity contribution in [3.05, 3.63) is 40.7 Å². The van der Waals surface area contributed by atoms with Gasteiger partial charge in [0.05, 0.1) is 18.8 Å². The van der Waals surface area contributed by atoms with Crippen LogP contribution in [0.25, 0.3) is 0 Å². The maximum atomic E-state index is 12.4. The van der Waals surface area contributed by atoms with Gasteiger partial charge in [0.1, 0.15) is 0 Å². The molecule has 1 amide bonds. The van der Waals surface area contributed by atoms with Crippen LogP contribution in [-0.4, -0.2) is 71.3 Å². The largest absolute Gasteiger partial charge is 0.390 e. The molecule has 11 heteroatoms. The van der Waals surface area contributed by atoms with Gasteiger partial charge in [-0.3, -0.25) is 9.69 Å². The molecule has 1 saturated heterocycles. The summed E-state index contributed by atoms with van der Waals surface area (Å²) < 4.78 is 37.3. The molecule has 30 heavy (non-hydrogen) atoms. The molecule has 2 aromatic rings. The number of hydrogen-bond acceptors (Lipinski definition) is 6. The van der Waals surface area contributed by atoms with Crippen LogP contribution in [0.5, 0.6) is 0 Å². The van der Waals surface area contributed by atoms with E-state index in [0.717, 1.165) is 22.4 Å². The molecule has 0 atom stereocenters. The van der Waals surface area contributed by atoms with Crippen LogP contribution in [0.2, 0.25) is 0 Å². The zero-order valence-corrected chi connectivity index (χ0v) is 16.8. The lowest BCUT2D eigenvalue weighted by atomic mass is 10.0. The number of hydrogen-bond donors (Lipinski definition) is 2. The second-order valence-electron chi connectivity index (χ2n) is 7.23. The highest BCUT2D eigenvalue weighted by molar-refractivity contribution is 5.92. The Balaban J connectivity index is 1.62. The summed E-state index contributed by atoms with van der Waals surface area (Å²) in [6.07, 6.45) is -2.06. The monoisotopic (exact) mass is 423 g/mol. The van der Waals surface area contributed by atoms with E-state index in [-0.39, 0.29) is 12.2 Å². The Morgan fingerprint density at radius 3 is 2.63 bits per heavy atom. The smallest absolute Gasteiger partial charge is 0.369 e. The standard InChI is InChI=1S/C19H24F3N7O/c1-13-9-15(11-23-26-18(30)16-12-24-27-25-16)10-17(14(13)2)29-7-5-28(6-8-29)4-3-19(20,21)22/h9-12H,3-8H2,1-2H3,(H,26,30)(H,24,25,27)/b23-11+. The number of rotatable bonds is 6. The summed E-state index contributed by atoms with van der Waals surface area (Å²) in [5.41, 5.74) is 6.55. The Labute approximate surface area is 172 Å². The molecule has 162 valence electrons. The highest BCUT2D eigenvalue weighted by Crippen LogP contribution is 2.26. The number of nitrogens with one attached hydrogen (secondary N) is 2. The maximum absolute atomic E-state index is 12.4. The number of carbonyl (C=O) groups is 1. The van der Waals surface area contributed by atoms with E-state index in [9.17, 15) is 18.0 Å². The van der Waals surface area contributed by atoms with Gasteiger partial charge in [-0.25, -0.2) is 5.43 Å². The second-order valence-corrected chi connectivity index (χ2v) is 7.23. The topological polar surface area (TPSA) is 89.5 Å². The first-order valence-electron chi connectivity index (χ1n) is 9.57. The lowest BCUT2D eigenvalue weighted by Gasteiger charge is -2.37. The van der Waals surface area contributed by atoms with E-state index in [1.807, 2.05) is 30.9 Å². The van der Waals surface area contributed by atoms with Crippen molar-refractivity contribution in [1.82, 2.24) is 25.7 Å². The number of anilines is 1. The molecule has 1 fully saturated rings. The molecule has 0 aliphatic carbocycles. The zero-order valence-electron chi connectivity index (χ0n) is 16.8. The number of benzene rings is 1. The molecule has 8 nitrogen and oxygen atoms in total. The van der Waals surface area contributed by atoms with Crippen molar-refractivity contribution < 1.29 is 18.0 Å². The van der Waals surface area contributed by atoms with Gasteiger partial charge < -0.3 is 4.90 Å². The molecule has 0 saturated carbocycles. The molecule has 0 bridgehead atoms. The van der Waals surface area contributed by atoms with Crippen LogP contribution in [0.4, 0.5) is 18.9 Å². The van der Waals surface area contributed by atoms with Crippen molar-refractivity contribution in [3.63, 3.8) is 0 Å². The molecule has 1 aliphatic heterocycles. The van der Waals surface area contributed by atoms with Crippen molar-refractivity contribution in [2.75, 3.05) is 37.6 Å². The van der Waals surface area contributed by atoms with Gasteiger partial charge in [0.2, 0.25) is 0 Å². The number of amides is 1. The number of piperazine rings is 1. The molecule has 2 heterocycles. The van der Waals surface area contributed by atoms with Gasteiger partial charge in [-0.2, -0.15) is 33.7 Å². The van der Waals surface area contributed by atoms with Gasteiger partial charge in [-0.05, 0) is 36.6 Å². The Bertz CT molecular complexity index is 888. The minimum Gasteiger partial charge on any atom is -0.369 e. The fourth-order valence-corrected chi connectivity index (χ4v) is 3.30. The van der Waals surface area contributed by atoms with Crippen LogP contribution in [0, 0.1) is 13.8 Å². The molecule has 1 aromatic heterocycles. The number of hydrazone groups is 1. The predicted molar refractivity (Wildman–Crippen MR) is 107 cm³/mol. The lowest BCUT2D eigenvalue weighted by molar-refractivity contribution is -0.138. The van der Waals surface area contributed by atoms with Crippen LogP contribution in [0.15, 0.2) is 23.4 Å². The quantitative estimate of drug-likeness (QED) is 0.550. The Morgan fingerprint density at radius 2 is 2.00 bits per heavy atom. The van der Waals surface area contributed by atoms with E-state index in [4.69, 9.17) is 0 Å². The van der Waals surface area contributed by atoms with Crippen LogP contribution in [-0.2, 0) is 0 Å². The third-order valence-electron chi connectivity index (χ3n) is 5.11. The third-order valence-corrected chi connectivity index (χ3v) is 5.11. The van der Waals surface area contributed by atoms with E-state index < -0.39 is 18.5 Å². The predicted octanol–water partition coefficient (Wildman–Crippen LogP) is 2.26. The van der Waals surface area contributed by atoms with Crippen molar-refractivity contribution in [2.24, 2.45) is 5.10 Å². The minimum absolute atomic E-state index is 0.0350. The highest BCUT2D eigenvalue weighted by atomic mass is 19.4. The van der Waals surface area contributed by atoms with E-state index in [0.29, 0.717) is 26.2 Å². The van der Waals surface area contributed by atoms with Crippen molar-refractivity contribution in [3.8, 4) is 0 Å². The number of alkyl halides is 3. The summed E-state index contributed by atoms with van der Waals surface area (Å²) in [6, 6.07) is 3.93. The summed E-state index contributed by atoms with van der Waals surface area (Å²) in [6.45, 7) is 6.52. The first-order chi connectivity index (χ1) is 14.2. The number of halogens is 3. The summed E-state index contributed by atoms with van der Waals surface area (Å²) in [4.78, 5) is 15.9. The number of carbonyl (C=O) groups excluding carboxylic acids is 1. The molecule has 2 N–H and O–H groups in total. The summed E-state index contributed by atoms with van der Waals surface area (Å²) in [5.74, 6) is -0.473. The van der Waals surface area contributed by atoms with Crippen LogP contribution in [0.3, 0.4) is 0 Å². The maximum Gasteiger partial charge on any atom is 0.390 e. The number of aromatic amines is 1. The van der Waals surface area contributed by atoms with Gasteiger partial charge in [0.15, 0.2) is 5.69 Å². The molecular formula is C19H24F3N7O. The van der Waals surface area contributed by atoms with E-state index in [2.05, 4.69) is 30.8 Å². The van der Waals surface area contributed by atoms with Gasteiger partial charge in [0, 0.05) is 38.4 Å². The highest BCUT2D eigenvalue weighted by Gasteiger charge is 2.29. The van der Waals surface area contributed by atoms with Crippen molar-refractivity contribution >= 4 is 17.8 Å². The van der Waals surface area contributed by atoms with Crippen molar-refractivity contribution in [1.29, 1.82) is 0 Å². The molecule has 0 unspecified atom stereocenters. The number of aromatic nitrogens is 3. The molecule has 3 rings (SSSR count). The first-order valence-corrected chi connectivity index (χ1v) is 9.57. The molecular weight excluding hydrogens is 399 g/mol. The Kier molecular flexibility index (Phi) is 6.70. The number of aryl methyl sites for hydroxylation is 1. The third kappa shape index (κ3) is 5.78. The molecule has 1 aliphatic rings. The fraction of sp³-hybridized carbons (Fsp3) is 0.474.